The van der Waals surface area contributed by atoms with Crippen LogP contribution in [-0.2, 0) is 4.79 Å². The highest BCUT2D eigenvalue weighted by Crippen LogP contribution is 2.22. The van der Waals surface area contributed by atoms with Crippen molar-refractivity contribution in [2.75, 3.05) is 5.32 Å². The third-order valence-corrected chi connectivity index (χ3v) is 3.32. The number of anilines is 1. The zero-order valence-electron chi connectivity index (χ0n) is 11.2. The Morgan fingerprint density at radius 2 is 2.30 bits per heavy atom. The molecule has 1 amide bonds. The number of carbonyl (C=O) groups is 1. The van der Waals surface area contributed by atoms with Gasteiger partial charge in [0.2, 0.25) is 5.91 Å². The van der Waals surface area contributed by atoms with Crippen LogP contribution in [-0.4, -0.2) is 31.1 Å². The van der Waals surface area contributed by atoms with Crippen LogP contribution in [0.5, 0.6) is 0 Å². The number of hydrogen-bond donors (Lipinski definition) is 1. The van der Waals surface area contributed by atoms with Gasteiger partial charge in [-0.1, -0.05) is 31.9 Å². The van der Waals surface area contributed by atoms with Crippen molar-refractivity contribution in [2.45, 2.75) is 26.3 Å². The molecule has 2 aromatic heterocycles. The number of tetrazole rings is 1. The molecule has 8 heteroatoms. The summed E-state index contributed by atoms with van der Waals surface area (Å²) in [4.78, 5) is 16.3. The normalized spacial score (nSPS) is 13.8. The number of nitrogens with zero attached hydrogens (tertiary/aromatic N) is 5. The van der Waals surface area contributed by atoms with Gasteiger partial charge in [0.15, 0.2) is 0 Å². The molecule has 106 valence electrons. The fraction of sp³-hybridized carbons (Fsp3) is 0.417. The number of rotatable bonds is 5. The molecule has 0 aromatic carbocycles. The Labute approximate surface area is 121 Å². The van der Waals surface area contributed by atoms with E-state index in [0.717, 1.165) is 6.42 Å². The van der Waals surface area contributed by atoms with Gasteiger partial charge in [0.25, 0.3) is 0 Å². The molecule has 2 rings (SSSR count). The molecule has 0 aliphatic rings. The maximum Gasteiger partial charge on any atom is 0.249 e. The average Bonchev–Trinajstić information content (AvgIpc) is 2.95. The number of nitrogens with one attached hydrogen (secondary N) is 1. The molecule has 2 heterocycles. The Bertz CT molecular complexity index is 556. The summed E-state index contributed by atoms with van der Waals surface area (Å²) in [6.07, 6.45) is 3.78. The fourth-order valence-electron chi connectivity index (χ4n) is 1.82. The molecule has 2 atom stereocenters. The summed E-state index contributed by atoms with van der Waals surface area (Å²) in [7, 11) is 0. The molecule has 0 fully saturated rings. The molecule has 0 aliphatic carbocycles. The number of carbonyl (C=O) groups excluding carboxylic acids is 1. The zero-order chi connectivity index (χ0) is 14.5. The maximum atomic E-state index is 12.4. The third-order valence-electron chi connectivity index (χ3n) is 3.10. The Balaban J connectivity index is 2.17. The molecular weight excluding hydrogens is 280 g/mol. The fourth-order valence-corrected chi connectivity index (χ4v) is 1.94. The Morgan fingerprint density at radius 3 is 2.85 bits per heavy atom. The summed E-state index contributed by atoms with van der Waals surface area (Å²) in [5.74, 6) is -0.0884. The van der Waals surface area contributed by atoms with Gasteiger partial charge in [0.1, 0.15) is 17.5 Å². The van der Waals surface area contributed by atoms with Crippen LogP contribution in [0.15, 0.2) is 24.7 Å². The van der Waals surface area contributed by atoms with Crippen molar-refractivity contribution in [1.29, 1.82) is 0 Å². The Hall–Kier alpha value is -2.02. The lowest BCUT2D eigenvalue weighted by molar-refractivity contribution is -0.121. The molecule has 7 nitrogen and oxygen atoms in total. The van der Waals surface area contributed by atoms with Crippen LogP contribution in [0, 0.1) is 5.92 Å². The van der Waals surface area contributed by atoms with Gasteiger partial charge in [-0.05, 0) is 28.5 Å². The summed E-state index contributed by atoms with van der Waals surface area (Å²) in [5.41, 5.74) is 0.584. The van der Waals surface area contributed by atoms with Crippen molar-refractivity contribution in [1.82, 2.24) is 25.2 Å². The first-order valence-corrected chi connectivity index (χ1v) is 6.64. The van der Waals surface area contributed by atoms with Crippen LogP contribution in [0.4, 0.5) is 5.69 Å². The van der Waals surface area contributed by atoms with Gasteiger partial charge < -0.3 is 5.32 Å². The van der Waals surface area contributed by atoms with E-state index in [1.165, 1.54) is 17.2 Å². The Morgan fingerprint density at radius 1 is 1.50 bits per heavy atom. The second-order valence-electron chi connectivity index (χ2n) is 4.48. The summed E-state index contributed by atoms with van der Waals surface area (Å²) < 4.78 is 1.47. The lowest BCUT2D eigenvalue weighted by Crippen LogP contribution is -2.31. The smallest absolute Gasteiger partial charge is 0.249 e. The molecule has 1 N–H and O–H groups in total. The van der Waals surface area contributed by atoms with E-state index in [1.54, 1.807) is 12.1 Å². The van der Waals surface area contributed by atoms with Gasteiger partial charge in [-0.2, -0.15) is 0 Å². The average molecular weight is 295 g/mol. The lowest BCUT2D eigenvalue weighted by atomic mass is 9.98. The summed E-state index contributed by atoms with van der Waals surface area (Å²) in [6.45, 7) is 3.99. The molecule has 20 heavy (non-hydrogen) atoms. The third kappa shape index (κ3) is 3.30. The molecule has 0 spiro atoms. The number of pyridine rings is 1. The second kappa shape index (κ2) is 6.42. The predicted octanol–water partition coefficient (Wildman–Crippen LogP) is 1.95. The highest BCUT2D eigenvalue weighted by molar-refractivity contribution is 6.29. The minimum Gasteiger partial charge on any atom is -0.323 e. The van der Waals surface area contributed by atoms with Crippen molar-refractivity contribution < 1.29 is 4.79 Å². The van der Waals surface area contributed by atoms with Gasteiger partial charge >= 0.3 is 0 Å². The van der Waals surface area contributed by atoms with Gasteiger partial charge in [0, 0.05) is 0 Å². The van der Waals surface area contributed by atoms with Crippen LogP contribution in [0.3, 0.4) is 0 Å². The van der Waals surface area contributed by atoms with E-state index in [4.69, 9.17) is 11.6 Å². The molecule has 0 saturated carbocycles. The van der Waals surface area contributed by atoms with Gasteiger partial charge in [-0.15, -0.1) is 5.10 Å². The lowest BCUT2D eigenvalue weighted by Gasteiger charge is -2.21. The quantitative estimate of drug-likeness (QED) is 0.852. The monoisotopic (exact) mass is 294 g/mol. The highest BCUT2D eigenvalue weighted by atomic mass is 35.5. The van der Waals surface area contributed by atoms with E-state index in [9.17, 15) is 4.79 Å². The number of hydrogen-bond acceptors (Lipinski definition) is 5. The van der Waals surface area contributed by atoms with E-state index in [0.29, 0.717) is 10.8 Å². The van der Waals surface area contributed by atoms with E-state index in [1.807, 2.05) is 13.8 Å². The van der Waals surface area contributed by atoms with Gasteiger partial charge in [-0.3, -0.25) is 4.79 Å². The first-order valence-electron chi connectivity index (χ1n) is 6.26. The first-order chi connectivity index (χ1) is 9.61. The summed E-state index contributed by atoms with van der Waals surface area (Å²) >= 11 is 5.71. The van der Waals surface area contributed by atoms with Crippen LogP contribution in [0.2, 0.25) is 5.15 Å². The molecule has 0 unspecified atom stereocenters. The summed E-state index contributed by atoms with van der Waals surface area (Å²) in [5, 5.41) is 14.2. The standard InChI is InChI=1S/C12H15ClN6O/c1-3-8(2)11(19-7-15-17-18-19)12(20)16-9-4-5-10(13)14-6-9/h4-8,11H,3H2,1-2H3,(H,16,20)/t8-,11-/m0/s1. The zero-order valence-corrected chi connectivity index (χ0v) is 11.9. The SMILES string of the molecule is CC[C@H](C)[C@@H](C(=O)Nc1ccc(Cl)nc1)n1cnnn1. The molecular formula is C12H15ClN6O. The van der Waals surface area contributed by atoms with Crippen LogP contribution < -0.4 is 5.32 Å². The minimum atomic E-state index is -0.467. The predicted molar refractivity (Wildman–Crippen MR) is 74.2 cm³/mol. The van der Waals surface area contributed by atoms with Crippen LogP contribution >= 0.6 is 11.6 Å². The maximum absolute atomic E-state index is 12.4. The van der Waals surface area contributed by atoms with Crippen molar-refractivity contribution in [3.05, 3.63) is 29.8 Å². The van der Waals surface area contributed by atoms with E-state index in [-0.39, 0.29) is 11.8 Å². The number of halogens is 1. The number of aromatic nitrogens is 5. The topological polar surface area (TPSA) is 85.6 Å². The first kappa shape index (κ1) is 14.4. The minimum absolute atomic E-state index is 0.0961. The van der Waals surface area contributed by atoms with E-state index < -0.39 is 6.04 Å². The Kier molecular flexibility index (Phi) is 4.62. The highest BCUT2D eigenvalue weighted by Gasteiger charge is 2.27. The second-order valence-corrected chi connectivity index (χ2v) is 4.87. The molecule has 0 radical (unpaired) electrons. The molecule has 0 saturated heterocycles. The van der Waals surface area contributed by atoms with E-state index in [2.05, 4.69) is 25.8 Å². The molecule has 0 bridgehead atoms. The molecule has 0 aliphatic heterocycles. The van der Waals surface area contributed by atoms with Crippen molar-refractivity contribution >= 4 is 23.2 Å². The molecule has 2 aromatic rings. The van der Waals surface area contributed by atoms with Crippen molar-refractivity contribution in [3.63, 3.8) is 0 Å². The largest absolute Gasteiger partial charge is 0.323 e. The van der Waals surface area contributed by atoms with E-state index >= 15 is 0 Å². The van der Waals surface area contributed by atoms with Crippen LogP contribution in [0.1, 0.15) is 26.3 Å². The summed E-state index contributed by atoms with van der Waals surface area (Å²) in [6, 6.07) is 2.85. The van der Waals surface area contributed by atoms with Gasteiger partial charge in [-0.25, -0.2) is 9.67 Å². The van der Waals surface area contributed by atoms with Crippen molar-refractivity contribution in [3.8, 4) is 0 Å². The van der Waals surface area contributed by atoms with Crippen molar-refractivity contribution in [2.24, 2.45) is 5.92 Å². The van der Waals surface area contributed by atoms with Crippen LogP contribution in [0.25, 0.3) is 0 Å². The van der Waals surface area contributed by atoms with Gasteiger partial charge in [0.05, 0.1) is 11.9 Å². The number of amides is 1.